The minimum Gasteiger partial charge on any atom is -0.392 e. The monoisotopic (exact) mass is 266 g/mol. The van der Waals surface area contributed by atoms with Crippen LogP contribution in [0.3, 0.4) is 0 Å². The Morgan fingerprint density at radius 3 is 2.68 bits per heavy atom. The standard InChI is InChI=1S/C14H22N2O3/c1-18-14(8-5-9-14)13-15-12(19-16-13)10-6-3-2-4-7-11(10)17/h10-11,17H,2-9H2,1H3. The van der Waals surface area contributed by atoms with Gasteiger partial charge in [0.2, 0.25) is 11.7 Å². The Morgan fingerprint density at radius 1 is 1.21 bits per heavy atom. The molecule has 2 unspecified atom stereocenters. The molecule has 1 heterocycles. The number of hydrogen-bond acceptors (Lipinski definition) is 5. The summed E-state index contributed by atoms with van der Waals surface area (Å²) >= 11 is 0. The van der Waals surface area contributed by atoms with Gasteiger partial charge in [0.05, 0.1) is 12.0 Å². The third-order valence-corrected chi connectivity index (χ3v) is 4.70. The number of aliphatic hydroxyl groups excluding tert-OH is 1. The van der Waals surface area contributed by atoms with Gasteiger partial charge in [0.25, 0.3) is 0 Å². The molecule has 1 aromatic rings. The number of aromatic nitrogens is 2. The Balaban J connectivity index is 1.80. The Bertz CT molecular complexity index is 423. The van der Waals surface area contributed by atoms with Crippen molar-refractivity contribution in [2.75, 3.05) is 7.11 Å². The number of rotatable bonds is 3. The van der Waals surface area contributed by atoms with Crippen molar-refractivity contribution in [2.24, 2.45) is 0 Å². The van der Waals surface area contributed by atoms with E-state index in [1.165, 1.54) is 6.42 Å². The second-order valence-corrected chi connectivity index (χ2v) is 5.82. The first-order valence-corrected chi connectivity index (χ1v) is 7.32. The molecule has 3 rings (SSSR count). The van der Waals surface area contributed by atoms with Gasteiger partial charge in [-0.25, -0.2) is 0 Å². The predicted molar refractivity (Wildman–Crippen MR) is 68.7 cm³/mol. The average molecular weight is 266 g/mol. The van der Waals surface area contributed by atoms with Crippen molar-refractivity contribution in [1.29, 1.82) is 0 Å². The highest BCUT2D eigenvalue weighted by molar-refractivity contribution is 5.09. The first-order chi connectivity index (χ1) is 9.25. The molecule has 1 aromatic heterocycles. The topological polar surface area (TPSA) is 68.4 Å². The summed E-state index contributed by atoms with van der Waals surface area (Å²) < 4.78 is 11.0. The lowest BCUT2D eigenvalue weighted by atomic mass is 9.79. The van der Waals surface area contributed by atoms with E-state index in [2.05, 4.69) is 10.1 Å². The van der Waals surface area contributed by atoms with Gasteiger partial charge in [0.15, 0.2) is 0 Å². The molecule has 0 amide bonds. The summed E-state index contributed by atoms with van der Waals surface area (Å²) in [7, 11) is 1.70. The van der Waals surface area contributed by atoms with Crippen LogP contribution in [0.4, 0.5) is 0 Å². The van der Waals surface area contributed by atoms with Crippen LogP contribution in [-0.4, -0.2) is 28.5 Å². The number of hydrogen-bond donors (Lipinski definition) is 1. The van der Waals surface area contributed by atoms with Gasteiger partial charge < -0.3 is 14.4 Å². The summed E-state index contributed by atoms with van der Waals surface area (Å²) in [6, 6.07) is 0. The first kappa shape index (κ1) is 13.1. The summed E-state index contributed by atoms with van der Waals surface area (Å²) in [6.45, 7) is 0. The van der Waals surface area contributed by atoms with E-state index in [1.54, 1.807) is 7.11 Å². The molecule has 2 atom stereocenters. The van der Waals surface area contributed by atoms with E-state index in [4.69, 9.17) is 9.26 Å². The van der Waals surface area contributed by atoms with Crippen molar-refractivity contribution >= 4 is 0 Å². The molecule has 2 saturated carbocycles. The Labute approximate surface area is 113 Å². The fourth-order valence-electron chi connectivity index (χ4n) is 3.16. The largest absolute Gasteiger partial charge is 0.392 e. The second kappa shape index (κ2) is 5.21. The van der Waals surface area contributed by atoms with Crippen LogP contribution in [0.15, 0.2) is 4.52 Å². The number of methoxy groups -OCH3 is 1. The lowest BCUT2D eigenvalue weighted by Gasteiger charge is -2.37. The van der Waals surface area contributed by atoms with Crippen LogP contribution in [0.25, 0.3) is 0 Å². The van der Waals surface area contributed by atoms with E-state index in [-0.39, 0.29) is 17.6 Å². The molecule has 0 aromatic carbocycles. The Hall–Kier alpha value is -0.940. The fourth-order valence-corrected chi connectivity index (χ4v) is 3.16. The molecule has 5 heteroatoms. The van der Waals surface area contributed by atoms with E-state index < -0.39 is 0 Å². The molecular weight excluding hydrogens is 244 g/mol. The van der Waals surface area contributed by atoms with Gasteiger partial charge in [-0.1, -0.05) is 24.4 Å². The van der Waals surface area contributed by atoms with Gasteiger partial charge in [0.1, 0.15) is 5.60 Å². The highest BCUT2D eigenvalue weighted by Gasteiger charge is 2.44. The normalized spacial score (nSPS) is 30.6. The molecule has 5 nitrogen and oxygen atoms in total. The van der Waals surface area contributed by atoms with Gasteiger partial charge in [-0.05, 0) is 32.1 Å². The summed E-state index contributed by atoms with van der Waals surface area (Å²) in [5.74, 6) is 1.25. The van der Waals surface area contributed by atoms with Crippen molar-refractivity contribution in [3.05, 3.63) is 11.7 Å². The second-order valence-electron chi connectivity index (χ2n) is 5.82. The maximum Gasteiger partial charge on any atom is 0.232 e. The molecule has 1 N–H and O–H groups in total. The predicted octanol–water partition coefficient (Wildman–Crippen LogP) is 2.50. The smallest absolute Gasteiger partial charge is 0.232 e. The van der Waals surface area contributed by atoms with Crippen LogP contribution in [0, 0.1) is 0 Å². The third kappa shape index (κ3) is 2.30. The van der Waals surface area contributed by atoms with E-state index in [0.29, 0.717) is 11.7 Å². The highest BCUT2D eigenvalue weighted by Crippen LogP contribution is 2.43. The van der Waals surface area contributed by atoms with Crippen LogP contribution in [0.1, 0.15) is 69.0 Å². The van der Waals surface area contributed by atoms with Crippen molar-refractivity contribution in [2.45, 2.75) is 69.0 Å². The van der Waals surface area contributed by atoms with E-state index in [0.717, 1.165) is 44.9 Å². The highest BCUT2D eigenvalue weighted by atomic mass is 16.5. The maximum atomic E-state index is 10.2. The number of ether oxygens (including phenoxy) is 1. The van der Waals surface area contributed by atoms with E-state index >= 15 is 0 Å². The van der Waals surface area contributed by atoms with Crippen molar-refractivity contribution in [3.8, 4) is 0 Å². The average Bonchev–Trinajstić information content (AvgIpc) is 2.73. The SMILES string of the molecule is COC1(c2noc(C3CCCCCC3O)n2)CCC1. The number of aliphatic hydroxyl groups is 1. The maximum absolute atomic E-state index is 10.2. The minimum atomic E-state index is -0.351. The van der Waals surface area contributed by atoms with Crippen LogP contribution in [0.5, 0.6) is 0 Å². The van der Waals surface area contributed by atoms with Gasteiger partial charge in [-0.2, -0.15) is 4.98 Å². The molecule has 19 heavy (non-hydrogen) atoms. The zero-order valence-corrected chi connectivity index (χ0v) is 11.5. The third-order valence-electron chi connectivity index (χ3n) is 4.70. The van der Waals surface area contributed by atoms with E-state index in [9.17, 15) is 5.11 Å². The van der Waals surface area contributed by atoms with Gasteiger partial charge in [-0.3, -0.25) is 0 Å². The summed E-state index contributed by atoms with van der Waals surface area (Å²) in [4.78, 5) is 4.53. The molecule has 0 aliphatic heterocycles. The first-order valence-electron chi connectivity index (χ1n) is 7.32. The molecular formula is C14H22N2O3. The van der Waals surface area contributed by atoms with Crippen molar-refractivity contribution in [1.82, 2.24) is 10.1 Å². The Morgan fingerprint density at radius 2 is 2.00 bits per heavy atom. The quantitative estimate of drug-likeness (QED) is 0.851. The fraction of sp³-hybridized carbons (Fsp3) is 0.857. The van der Waals surface area contributed by atoms with Crippen LogP contribution >= 0.6 is 0 Å². The summed E-state index contributed by atoms with van der Waals surface area (Å²) in [5.41, 5.74) is -0.336. The Kier molecular flexibility index (Phi) is 3.58. The molecule has 0 radical (unpaired) electrons. The number of nitrogens with zero attached hydrogens (tertiary/aromatic N) is 2. The van der Waals surface area contributed by atoms with Gasteiger partial charge in [0, 0.05) is 7.11 Å². The molecule has 106 valence electrons. The molecule has 2 aliphatic carbocycles. The molecule has 0 bridgehead atoms. The van der Waals surface area contributed by atoms with Crippen LogP contribution < -0.4 is 0 Å². The van der Waals surface area contributed by atoms with Gasteiger partial charge >= 0.3 is 0 Å². The van der Waals surface area contributed by atoms with Gasteiger partial charge in [-0.15, -0.1) is 0 Å². The van der Waals surface area contributed by atoms with Crippen molar-refractivity contribution in [3.63, 3.8) is 0 Å². The zero-order valence-electron chi connectivity index (χ0n) is 11.5. The molecule has 2 fully saturated rings. The molecule has 2 aliphatic rings. The lowest BCUT2D eigenvalue weighted by molar-refractivity contribution is -0.0858. The zero-order chi connectivity index (χ0) is 13.3. The van der Waals surface area contributed by atoms with E-state index in [1.807, 2.05) is 0 Å². The lowest BCUT2D eigenvalue weighted by Crippen LogP contribution is -2.37. The van der Waals surface area contributed by atoms with Crippen LogP contribution in [-0.2, 0) is 10.3 Å². The van der Waals surface area contributed by atoms with Crippen LogP contribution in [0.2, 0.25) is 0 Å². The molecule has 0 spiro atoms. The summed E-state index contributed by atoms with van der Waals surface area (Å²) in [6.07, 6.45) is 7.85. The minimum absolute atomic E-state index is 0.00210. The molecule has 0 saturated heterocycles. The van der Waals surface area contributed by atoms with Crippen molar-refractivity contribution < 1.29 is 14.4 Å². The summed E-state index contributed by atoms with van der Waals surface area (Å²) in [5, 5.41) is 14.3.